The maximum atomic E-state index is 12.5. The highest BCUT2D eigenvalue weighted by Gasteiger charge is 2.17. The normalized spacial score (nSPS) is 16.7. The van der Waals surface area contributed by atoms with Crippen LogP contribution in [0.1, 0.15) is 23.2 Å². The molecule has 7 nitrogen and oxygen atoms in total. The van der Waals surface area contributed by atoms with E-state index >= 15 is 0 Å². The summed E-state index contributed by atoms with van der Waals surface area (Å²) in [5.41, 5.74) is 0.859. The summed E-state index contributed by atoms with van der Waals surface area (Å²) in [7, 11) is -2.19. The van der Waals surface area contributed by atoms with Crippen molar-refractivity contribution >= 4 is 21.6 Å². The quantitative estimate of drug-likeness (QED) is 0.673. The summed E-state index contributed by atoms with van der Waals surface area (Å²) >= 11 is 0. The molecule has 1 atom stereocenters. The summed E-state index contributed by atoms with van der Waals surface area (Å²) in [4.78, 5) is 12.3. The Bertz CT molecular complexity index is 874. The third-order valence-corrected chi connectivity index (χ3v) is 5.84. The van der Waals surface area contributed by atoms with Crippen molar-refractivity contribution in [2.45, 2.75) is 23.8 Å². The predicted molar refractivity (Wildman–Crippen MR) is 104 cm³/mol. The number of ether oxygens (including phenoxy) is 1. The van der Waals surface area contributed by atoms with E-state index in [9.17, 15) is 13.2 Å². The van der Waals surface area contributed by atoms with Crippen LogP contribution in [0, 0.1) is 0 Å². The molecule has 27 heavy (non-hydrogen) atoms. The van der Waals surface area contributed by atoms with Gasteiger partial charge in [0.1, 0.15) is 5.75 Å². The lowest BCUT2D eigenvalue weighted by molar-refractivity contribution is 0.0950. The topological polar surface area (TPSA) is 96.5 Å². The molecule has 3 N–H and O–H groups in total. The number of carbonyl (C=O) groups is 1. The van der Waals surface area contributed by atoms with Crippen LogP contribution in [0.2, 0.25) is 0 Å². The first-order chi connectivity index (χ1) is 13.0. The molecule has 0 bridgehead atoms. The van der Waals surface area contributed by atoms with Gasteiger partial charge in [0, 0.05) is 23.8 Å². The smallest absolute Gasteiger partial charge is 0.261 e. The van der Waals surface area contributed by atoms with Gasteiger partial charge in [-0.25, -0.2) is 8.42 Å². The van der Waals surface area contributed by atoms with Crippen molar-refractivity contribution in [2.24, 2.45) is 0 Å². The predicted octanol–water partition coefficient (Wildman–Crippen LogP) is 1.98. The summed E-state index contributed by atoms with van der Waals surface area (Å²) in [6.07, 6.45) is 2.17. The van der Waals surface area contributed by atoms with E-state index in [2.05, 4.69) is 15.4 Å². The number of sulfonamides is 1. The third-order valence-electron chi connectivity index (χ3n) is 4.44. The van der Waals surface area contributed by atoms with Crippen LogP contribution in [0.3, 0.4) is 0 Å². The van der Waals surface area contributed by atoms with Crippen molar-refractivity contribution in [3.63, 3.8) is 0 Å². The Kier molecular flexibility index (Phi) is 5.98. The van der Waals surface area contributed by atoms with Crippen LogP contribution in [0.25, 0.3) is 0 Å². The lowest BCUT2D eigenvalue weighted by atomic mass is 10.2. The summed E-state index contributed by atoms with van der Waals surface area (Å²) in [5.74, 6) is 0.428. The van der Waals surface area contributed by atoms with Gasteiger partial charge >= 0.3 is 0 Å². The minimum atomic E-state index is -3.73. The molecule has 1 fully saturated rings. The lowest BCUT2D eigenvalue weighted by Gasteiger charge is -2.12. The fourth-order valence-electron chi connectivity index (χ4n) is 2.91. The minimum absolute atomic E-state index is 0.0901. The van der Waals surface area contributed by atoms with Crippen LogP contribution >= 0.6 is 0 Å². The van der Waals surface area contributed by atoms with Gasteiger partial charge < -0.3 is 15.4 Å². The fraction of sp³-hybridized carbons (Fsp3) is 0.316. The van der Waals surface area contributed by atoms with Gasteiger partial charge in [-0.15, -0.1) is 0 Å². The second-order valence-corrected chi connectivity index (χ2v) is 8.04. The van der Waals surface area contributed by atoms with E-state index in [-0.39, 0.29) is 10.8 Å². The average molecular weight is 389 g/mol. The number of methoxy groups -OCH3 is 1. The second-order valence-electron chi connectivity index (χ2n) is 6.36. The Morgan fingerprint density at radius 1 is 1.15 bits per heavy atom. The molecule has 0 saturated carbocycles. The second kappa shape index (κ2) is 8.41. The minimum Gasteiger partial charge on any atom is -0.497 e. The van der Waals surface area contributed by atoms with Gasteiger partial charge in [0.2, 0.25) is 0 Å². The molecule has 1 aliphatic heterocycles. The molecular formula is C19H23N3O4S. The Balaban J connectivity index is 1.63. The molecule has 0 radical (unpaired) electrons. The van der Waals surface area contributed by atoms with Gasteiger partial charge in [-0.3, -0.25) is 9.52 Å². The molecular weight excluding hydrogens is 366 g/mol. The van der Waals surface area contributed by atoms with Crippen molar-refractivity contribution in [1.29, 1.82) is 0 Å². The molecule has 8 heteroatoms. The molecule has 0 aromatic heterocycles. The highest BCUT2D eigenvalue weighted by molar-refractivity contribution is 7.92. The summed E-state index contributed by atoms with van der Waals surface area (Å²) < 4.78 is 32.5. The SMILES string of the molecule is COc1ccc(NS(=O)(=O)c2ccc(C(=O)NCC3CCCN3)cc2)cc1. The zero-order valence-electron chi connectivity index (χ0n) is 15.1. The van der Waals surface area contributed by atoms with Crippen LogP contribution in [0.15, 0.2) is 53.4 Å². The number of rotatable bonds is 7. The van der Waals surface area contributed by atoms with Crippen molar-refractivity contribution in [3.8, 4) is 5.75 Å². The number of nitrogens with one attached hydrogen (secondary N) is 3. The van der Waals surface area contributed by atoms with E-state index in [1.807, 2.05) is 0 Å². The Morgan fingerprint density at radius 3 is 2.44 bits per heavy atom. The summed E-state index contributed by atoms with van der Waals surface area (Å²) in [5, 5.41) is 6.18. The molecule has 144 valence electrons. The van der Waals surface area contributed by atoms with Crippen LogP contribution in [0.4, 0.5) is 5.69 Å². The van der Waals surface area contributed by atoms with Crippen molar-refractivity contribution in [2.75, 3.05) is 24.9 Å². The van der Waals surface area contributed by atoms with Crippen molar-refractivity contribution in [1.82, 2.24) is 10.6 Å². The summed E-state index contributed by atoms with van der Waals surface area (Å²) in [6, 6.07) is 12.8. The maximum Gasteiger partial charge on any atom is 0.261 e. The number of hydrogen-bond acceptors (Lipinski definition) is 5. The summed E-state index contributed by atoms with van der Waals surface area (Å²) in [6.45, 7) is 1.55. The molecule has 2 aromatic carbocycles. The first-order valence-electron chi connectivity index (χ1n) is 8.76. The molecule has 2 aromatic rings. The fourth-order valence-corrected chi connectivity index (χ4v) is 3.97. The van der Waals surface area contributed by atoms with Gasteiger partial charge in [0.15, 0.2) is 0 Å². The molecule has 0 aliphatic carbocycles. The van der Waals surface area contributed by atoms with Gasteiger partial charge in [-0.05, 0) is 67.9 Å². The monoisotopic (exact) mass is 389 g/mol. The van der Waals surface area contributed by atoms with Crippen LogP contribution in [-0.2, 0) is 10.0 Å². The number of benzene rings is 2. The van der Waals surface area contributed by atoms with E-state index < -0.39 is 10.0 Å². The van der Waals surface area contributed by atoms with Crippen LogP contribution < -0.4 is 20.1 Å². The molecule has 1 unspecified atom stereocenters. The van der Waals surface area contributed by atoms with Crippen molar-refractivity contribution in [3.05, 3.63) is 54.1 Å². The number of carbonyl (C=O) groups excluding carboxylic acids is 1. The van der Waals surface area contributed by atoms with E-state index in [0.717, 1.165) is 19.4 Å². The first kappa shape index (κ1) is 19.2. The Morgan fingerprint density at radius 2 is 1.85 bits per heavy atom. The van der Waals surface area contributed by atoms with E-state index in [0.29, 0.717) is 29.6 Å². The van der Waals surface area contributed by atoms with Gasteiger partial charge in [-0.1, -0.05) is 0 Å². The highest BCUT2D eigenvalue weighted by Crippen LogP contribution is 2.19. The standard InChI is InChI=1S/C19H23N3O4S/c1-26-17-8-6-15(7-9-17)22-27(24,25)18-10-4-14(5-11-18)19(23)21-13-16-3-2-12-20-16/h4-11,16,20,22H,2-3,12-13H2,1H3,(H,21,23). The number of hydrogen-bond donors (Lipinski definition) is 3. The zero-order chi connectivity index (χ0) is 19.3. The molecule has 1 heterocycles. The Labute approximate surface area is 159 Å². The molecule has 1 aliphatic rings. The molecule has 3 rings (SSSR count). The lowest BCUT2D eigenvalue weighted by Crippen LogP contribution is -2.37. The molecule has 1 saturated heterocycles. The van der Waals surface area contributed by atoms with Crippen LogP contribution in [-0.4, -0.2) is 40.6 Å². The third kappa shape index (κ3) is 4.99. The van der Waals surface area contributed by atoms with Gasteiger partial charge in [0.05, 0.1) is 12.0 Å². The largest absolute Gasteiger partial charge is 0.497 e. The molecule has 1 amide bonds. The molecule has 0 spiro atoms. The van der Waals surface area contributed by atoms with E-state index in [4.69, 9.17) is 4.74 Å². The number of anilines is 1. The van der Waals surface area contributed by atoms with Crippen LogP contribution in [0.5, 0.6) is 5.75 Å². The Hall–Kier alpha value is -2.58. The first-order valence-corrected chi connectivity index (χ1v) is 10.2. The van der Waals surface area contributed by atoms with Gasteiger partial charge in [0.25, 0.3) is 15.9 Å². The zero-order valence-corrected chi connectivity index (χ0v) is 15.9. The van der Waals surface area contributed by atoms with E-state index in [1.54, 1.807) is 31.4 Å². The maximum absolute atomic E-state index is 12.5. The van der Waals surface area contributed by atoms with E-state index in [1.165, 1.54) is 24.3 Å². The average Bonchev–Trinajstić information content (AvgIpc) is 3.20. The van der Waals surface area contributed by atoms with Gasteiger partial charge in [-0.2, -0.15) is 0 Å². The van der Waals surface area contributed by atoms with Crippen molar-refractivity contribution < 1.29 is 17.9 Å². The number of amides is 1. The highest BCUT2D eigenvalue weighted by atomic mass is 32.2.